The van der Waals surface area contributed by atoms with Crippen LogP contribution in [0.2, 0.25) is 0 Å². The van der Waals surface area contributed by atoms with Crippen molar-refractivity contribution in [3.05, 3.63) is 0 Å². The highest BCUT2D eigenvalue weighted by atomic mass is 14.7. The molecule has 0 spiro atoms. The molecule has 2 fully saturated rings. The first-order chi connectivity index (χ1) is 4.88. The average molecular weight is 139 g/mol. The summed E-state index contributed by atoms with van der Waals surface area (Å²) >= 11 is 0. The number of rotatable bonds is 1. The molecule has 58 valence electrons. The summed E-state index contributed by atoms with van der Waals surface area (Å²) in [6, 6.07) is 0.557. The molecule has 0 unspecified atom stereocenters. The van der Waals surface area contributed by atoms with Gasteiger partial charge in [0.1, 0.15) is 0 Å². The Kier molecular flexibility index (Phi) is 1.69. The van der Waals surface area contributed by atoms with Crippen LogP contribution in [-0.4, -0.2) is 6.04 Å². The van der Waals surface area contributed by atoms with E-state index in [1.165, 1.54) is 38.5 Å². The van der Waals surface area contributed by atoms with E-state index in [1.54, 1.807) is 0 Å². The van der Waals surface area contributed by atoms with Crippen molar-refractivity contribution < 1.29 is 0 Å². The molecule has 2 N–H and O–H groups in total. The highest BCUT2D eigenvalue weighted by Gasteiger charge is 2.35. The van der Waals surface area contributed by atoms with E-state index in [0.29, 0.717) is 6.04 Å². The van der Waals surface area contributed by atoms with Gasteiger partial charge in [-0.3, -0.25) is 0 Å². The van der Waals surface area contributed by atoms with Gasteiger partial charge in [0, 0.05) is 6.04 Å². The average Bonchev–Trinajstić information content (AvgIpc) is 2.71. The van der Waals surface area contributed by atoms with Gasteiger partial charge in [0.25, 0.3) is 0 Å². The van der Waals surface area contributed by atoms with E-state index in [4.69, 9.17) is 5.73 Å². The molecular weight excluding hydrogens is 122 g/mol. The van der Waals surface area contributed by atoms with Crippen LogP contribution in [0.1, 0.15) is 38.5 Å². The molecule has 2 aliphatic carbocycles. The molecule has 0 bridgehead atoms. The van der Waals surface area contributed by atoms with Crippen molar-refractivity contribution in [1.29, 1.82) is 0 Å². The molecule has 10 heavy (non-hydrogen) atoms. The molecule has 1 heteroatoms. The fourth-order valence-electron chi connectivity index (χ4n) is 2.30. The Hall–Kier alpha value is -0.0400. The van der Waals surface area contributed by atoms with Gasteiger partial charge in [0.2, 0.25) is 0 Å². The van der Waals surface area contributed by atoms with E-state index in [0.717, 1.165) is 11.8 Å². The van der Waals surface area contributed by atoms with E-state index < -0.39 is 0 Å². The van der Waals surface area contributed by atoms with Gasteiger partial charge < -0.3 is 5.73 Å². The summed E-state index contributed by atoms with van der Waals surface area (Å²) in [5.74, 6) is 1.95. The third-order valence-electron chi connectivity index (χ3n) is 3.10. The molecule has 1 nitrogen and oxygen atoms in total. The molecule has 2 atom stereocenters. The maximum atomic E-state index is 6.02. The Morgan fingerprint density at radius 3 is 2.20 bits per heavy atom. The molecule has 0 saturated heterocycles. The molecule has 2 saturated carbocycles. The Labute approximate surface area is 63.0 Å². The lowest BCUT2D eigenvalue weighted by molar-refractivity contribution is 0.277. The molecule has 2 rings (SSSR count). The predicted molar refractivity (Wildman–Crippen MR) is 42.7 cm³/mol. The molecule has 0 radical (unpaired) electrons. The quantitative estimate of drug-likeness (QED) is 0.590. The Morgan fingerprint density at radius 1 is 0.900 bits per heavy atom. The van der Waals surface area contributed by atoms with Gasteiger partial charge in [-0.2, -0.15) is 0 Å². The summed E-state index contributed by atoms with van der Waals surface area (Å²) in [4.78, 5) is 0. The summed E-state index contributed by atoms with van der Waals surface area (Å²) in [7, 11) is 0. The lowest BCUT2D eigenvalue weighted by Crippen LogP contribution is -2.34. The Morgan fingerprint density at radius 2 is 1.60 bits per heavy atom. The van der Waals surface area contributed by atoms with Crippen LogP contribution < -0.4 is 5.73 Å². The second kappa shape index (κ2) is 2.54. The largest absolute Gasteiger partial charge is 0.327 e. The van der Waals surface area contributed by atoms with Crippen molar-refractivity contribution in [2.75, 3.05) is 0 Å². The van der Waals surface area contributed by atoms with Gasteiger partial charge in [0.15, 0.2) is 0 Å². The standard InChI is InChI=1S/C9H17N/c10-9-4-2-1-3-8(9)7-5-6-7/h7-9H,1-6,10H2/t8-,9-/m0/s1. The first-order valence-electron chi connectivity index (χ1n) is 4.63. The van der Waals surface area contributed by atoms with Gasteiger partial charge in [0.05, 0.1) is 0 Å². The van der Waals surface area contributed by atoms with Crippen molar-refractivity contribution >= 4 is 0 Å². The van der Waals surface area contributed by atoms with E-state index in [9.17, 15) is 0 Å². The second-order valence-corrected chi connectivity index (χ2v) is 3.95. The number of nitrogens with two attached hydrogens (primary N) is 1. The van der Waals surface area contributed by atoms with E-state index in [2.05, 4.69) is 0 Å². The Bertz CT molecular complexity index is 118. The van der Waals surface area contributed by atoms with Crippen LogP contribution in [0.3, 0.4) is 0 Å². The van der Waals surface area contributed by atoms with Gasteiger partial charge in [-0.05, 0) is 37.5 Å². The monoisotopic (exact) mass is 139 g/mol. The van der Waals surface area contributed by atoms with Crippen LogP contribution in [0.25, 0.3) is 0 Å². The fourth-order valence-corrected chi connectivity index (χ4v) is 2.30. The zero-order chi connectivity index (χ0) is 6.97. The van der Waals surface area contributed by atoms with Crippen LogP contribution >= 0.6 is 0 Å². The molecule has 0 heterocycles. The number of hydrogen-bond acceptors (Lipinski definition) is 1. The lowest BCUT2D eigenvalue weighted by Gasteiger charge is -2.28. The molecule has 0 aromatic carbocycles. The number of hydrogen-bond donors (Lipinski definition) is 1. The minimum Gasteiger partial charge on any atom is -0.327 e. The Balaban J connectivity index is 1.90. The summed E-state index contributed by atoms with van der Waals surface area (Å²) in [5.41, 5.74) is 6.02. The molecule has 0 amide bonds. The maximum Gasteiger partial charge on any atom is 0.00698 e. The topological polar surface area (TPSA) is 26.0 Å². The minimum absolute atomic E-state index is 0.557. The highest BCUT2D eigenvalue weighted by molar-refractivity contribution is 4.89. The highest BCUT2D eigenvalue weighted by Crippen LogP contribution is 2.43. The SMILES string of the molecule is N[C@H]1CCCC[C@H]1C1CC1. The van der Waals surface area contributed by atoms with Crippen molar-refractivity contribution in [1.82, 2.24) is 0 Å². The van der Waals surface area contributed by atoms with Crippen LogP contribution in [0.15, 0.2) is 0 Å². The van der Waals surface area contributed by atoms with Crippen molar-refractivity contribution in [3.63, 3.8) is 0 Å². The summed E-state index contributed by atoms with van der Waals surface area (Å²) in [6.45, 7) is 0. The smallest absolute Gasteiger partial charge is 0.00698 e. The van der Waals surface area contributed by atoms with Crippen molar-refractivity contribution in [2.24, 2.45) is 17.6 Å². The molecular formula is C9H17N. The van der Waals surface area contributed by atoms with E-state index in [-0.39, 0.29) is 0 Å². The van der Waals surface area contributed by atoms with E-state index >= 15 is 0 Å². The van der Waals surface area contributed by atoms with Crippen LogP contribution in [0.4, 0.5) is 0 Å². The van der Waals surface area contributed by atoms with E-state index in [1.807, 2.05) is 0 Å². The van der Waals surface area contributed by atoms with Crippen LogP contribution in [0, 0.1) is 11.8 Å². The van der Waals surface area contributed by atoms with Gasteiger partial charge in [-0.15, -0.1) is 0 Å². The van der Waals surface area contributed by atoms with Gasteiger partial charge >= 0.3 is 0 Å². The molecule has 0 aromatic rings. The first-order valence-corrected chi connectivity index (χ1v) is 4.63. The predicted octanol–water partition coefficient (Wildman–Crippen LogP) is 1.91. The molecule has 0 aromatic heterocycles. The first kappa shape index (κ1) is 6.66. The fraction of sp³-hybridized carbons (Fsp3) is 1.00. The minimum atomic E-state index is 0.557. The zero-order valence-corrected chi connectivity index (χ0v) is 6.55. The molecule has 2 aliphatic rings. The van der Waals surface area contributed by atoms with Crippen molar-refractivity contribution in [2.45, 2.75) is 44.6 Å². The summed E-state index contributed by atoms with van der Waals surface area (Å²) in [6.07, 6.45) is 8.48. The molecule has 0 aliphatic heterocycles. The van der Waals surface area contributed by atoms with Crippen LogP contribution in [-0.2, 0) is 0 Å². The lowest BCUT2D eigenvalue weighted by atomic mass is 9.82. The van der Waals surface area contributed by atoms with Crippen molar-refractivity contribution in [3.8, 4) is 0 Å². The summed E-state index contributed by atoms with van der Waals surface area (Å²) in [5, 5.41) is 0. The van der Waals surface area contributed by atoms with Gasteiger partial charge in [-0.25, -0.2) is 0 Å². The van der Waals surface area contributed by atoms with Crippen LogP contribution in [0.5, 0.6) is 0 Å². The third kappa shape index (κ3) is 1.20. The second-order valence-electron chi connectivity index (χ2n) is 3.95. The van der Waals surface area contributed by atoms with Gasteiger partial charge in [-0.1, -0.05) is 12.8 Å². The zero-order valence-electron chi connectivity index (χ0n) is 6.55. The maximum absolute atomic E-state index is 6.02. The summed E-state index contributed by atoms with van der Waals surface area (Å²) < 4.78 is 0. The third-order valence-corrected chi connectivity index (χ3v) is 3.10. The normalized spacial score (nSPS) is 41.7.